The Kier molecular flexibility index (Phi) is 6.56. The fraction of sp³-hybridized carbons (Fsp3) is 0.429. The maximum atomic E-state index is 5.94. The van der Waals surface area contributed by atoms with Crippen LogP contribution < -0.4 is 9.47 Å². The van der Waals surface area contributed by atoms with Gasteiger partial charge in [-0.15, -0.1) is 0 Å². The van der Waals surface area contributed by atoms with Crippen LogP contribution in [0.25, 0.3) is 0 Å². The largest absolute Gasteiger partial charge is 0.490 e. The molecule has 0 amide bonds. The van der Waals surface area contributed by atoms with Gasteiger partial charge in [0.05, 0.1) is 6.61 Å². The number of allylic oxidation sites excluding steroid dienone is 1. The molecule has 0 aliphatic heterocycles. The molecule has 0 aliphatic carbocycles. The van der Waals surface area contributed by atoms with Crippen LogP contribution in [-0.2, 0) is 0 Å². The van der Waals surface area contributed by atoms with Gasteiger partial charge in [-0.05, 0) is 25.5 Å². The van der Waals surface area contributed by atoms with E-state index in [9.17, 15) is 0 Å². The van der Waals surface area contributed by atoms with Gasteiger partial charge in [-0.3, -0.25) is 0 Å². The van der Waals surface area contributed by atoms with Gasteiger partial charge in [0.1, 0.15) is 6.61 Å². The van der Waals surface area contributed by atoms with Crippen LogP contribution in [-0.4, -0.2) is 13.2 Å². The smallest absolute Gasteiger partial charge is 0.163 e. The van der Waals surface area contributed by atoms with Gasteiger partial charge >= 0.3 is 0 Å². The van der Waals surface area contributed by atoms with Crippen molar-refractivity contribution >= 4 is 11.6 Å². The number of halogens is 1. The first-order valence-corrected chi connectivity index (χ1v) is 6.32. The summed E-state index contributed by atoms with van der Waals surface area (Å²) in [5.74, 6) is 1.46. The van der Waals surface area contributed by atoms with Gasteiger partial charge in [-0.1, -0.05) is 37.1 Å². The molecule has 17 heavy (non-hydrogen) atoms. The zero-order chi connectivity index (χ0) is 12.5. The topological polar surface area (TPSA) is 18.5 Å². The molecule has 1 aromatic carbocycles. The van der Waals surface area contributed by atoms with Crippen LogP contribution >= 0.6 is 11.6 Å². The molecule has 0 saturated heterocycles. The third-order valence-electron chi connectivity index (χ3n) is 2.23. The van der Waals surface area contributed by atoms with Crippen molar-refractivity contribution in [3.8, 4) is 11.5 Å². The van der Waals surface area contributed by atoms with Gasteiger partial charge in [-0.2, -0.15) is 0 Å². The van der Waals surface area contributed by atoms with Crippen molar-refractivity contribution < 1.29 is 9.47 Å². The first-order valence-electron chi connectivity index (χ1n) is 5.94. The Morgan fingerprint density at radius 2 is 2.06 bits per heavy atom. The third kappa shape index (κ3) is 5.14. The van der Waals surface area contributed by atoms with Crippen LogP contribution in [0.5, 0.6) is 11.5 Å². The molecule has 1 rings (SSSR count). The highest BCUT2D eigenvalue weighted by atomic mass is 35.5. The summed E-state index contributed by atoms with van der Waals surface area (Å²) in [5, 5.41) is 0.656. The van der Waals surface area contributed by atoms with Crippen molar-refractivity contribution in [2.45, 2.75) is 26.7 Å². The number of rotatable bonds is 7. The average molecular weight is 255 g/mol. The average Bonchev–Trinajstić information content (AvgIpc) is 2.32. The van der Waals surface area contributed by atoms with Crippen molar-refractivity contribution in [1.29, 1.82) is 0 Å². The van der Waals surface area contributed by atoms with Gasteiger partial charge in [-0.25, -0.2) is 0 Å². The van der Waals surface area contributed by atoms with E-state index in [0.717, 1.165) is 18.6 Å². The van der Waals surface area contributed by atoms with Crippen LogP contribution in [0.1, 0.15) is 26.7 Å². The van der Waals surface area contributed by atoms with Crippen molar-refractivity contribution in [2.24, 2.45) is 0 Å². The summed E-state index contributed by atoms with van der Waals surface area (Å²) in [6.45, 7) is 5.33. The fourth-order valence-corrected chi connectivity index (χ4v) is 1.44. The normalized spacial score (nSPS) is 10.8. The second kappa shape index (κ2) is 8.02. The molecule has 0 atom stereocenters. The van der Waals surface area contributed by atoms with E-state index in [4.69, 9.17) is 21.1 Å². The molecule has 94 valence electrons. The van der Waals surface area contributed by atoms with Crippen LogP contribution in [0.3, 0.4) is 0 Å². The number of hydrogen-bond donors (Lipinski definition) is 0. The monoisotopic (exact) mass is 254 g/mol. The highest BCUT2D eigenvalue weighted by Gasteiger charge is 2.05. The number of ether oxygens (including phenoxy) is 2. The maximum absolute atomic E-state index is 5.94. The molecule has 3 heteroatoms. The molecule has 0 saturated carbocycles. The van der Waals surface area contributed by atoms with Crippen LogP contribution in [0.2, 0.25) is 5.02 Å². The quantitative estimate of drug-likeness (QED) is 0.528. The fourth-order valence-electron chi connectivity index (χ4n) is 1.27. The summed E-state index contributed by atoms with van der Waals surface area (Å²) < 4.78 is 11.2. The molecular weight excluding hydrogens is 236 g/mol. The Bertz CT molecular complexity index is 361. The Hall–Kier alpha value is -1.15. The lowest BCUT2D eigenvalue weighted by atomic mass is 10.3. The lowest BCUT2D eigenvalue weighted by Crippen LogP contribution is -2.01. The van der Waals surface area contributed by atoms with E-state index >= 15 is 0 Å². The lowest BCUT2D eigenvalue weighted by molar-refractivity contribution is 0.279. The minimum Gasteiger partial charge on any atom is -0.490 e. The van der Waals surface area contributed by atoms with Crippen molar-refractivity contribution in [3.63, 3.8) is 0 Å². The molecule has 0 unspecified atom stereocenters. The molecular formula is C14H19ClO2. The SMILES string of the molecule is CC=CCOc1cc(Cl)ccc1OCCCC. The minimum absolute atomic E-state index is 0.529. The molecule has 1 aromatic rings. The van der Waals surface area contributed by atoms with E-state index in [0.29, 0.717) is 24.0 Å². The Morgan fingerprint density at radius 1 is 1.24 bits per heavy atom. The van der Waals surface area contributed by atoms with E-state index in [1.807, 2.05) is 31.2 Å². The van der Waals surface area contributed by atoms with E-state index in [1.165, 1.54) is 0 Å². The van der Waals surface area contributed by atoms with Gasteiger partial charge in [0.25, 0.3) is 0 Å². The maximum Gasteiger partial charge on any atom is 0.163 e. The van der Waals surface area contributed by atoms with E-state index < -0.39 is 0 Å². The Labute approximate surface area is 108 Å². The predicted molar refractivity (Wildman–Crippen MR) is 72.2 cm³/mol. The standard InChI is InChI=1S/C14H19ClO2/c1-3-5-9-16-13-8-7-12(15)11-14(13)17-10-6-4-2/h4,6-8,11H,3,5,9-10H2,1-2H3. The molecule has 0 spiro atoms. The first kappa shape index (κ1) is 13.9. The first-order chi connectivity index (χ1) is 8.27. The number of unbranched alkanes of at least 4 members (excludes halogenated alkanes) is 1. The lowest BCUT2D eigenvalue weighted by Gasteiger charge is -2.11. The zero-order valence-corrected chi connectivity index (χ0v) is 11.2. The van der Waals surface area contributed by atoms with E-state index in [2.05, 4.69) is 6.92 Å². The molecule has 0 aromatic heterocycles. The van der Waals surface area contributed by atoms with Crippen LogP contribution in [0.4, 0.5) is 0 Å². The van der Waals surface area contributed by atoms with Crippen molar-refractivity contribution in [2.75, 3.05) is 13.2 Å². The summed E-state index contributed by atoms with van der Waals surface area (Å²) in [5.41, 5.74) is 0. The van der Waals surface area contributed by atoms with Gasteiger partial charge in [0, 0.05) is 11.1 Å². The van der Waals surface area contributed by atoms with Gasteiger partial charge in [0.2, 0.25) is 0 Å². The molecule has 0 fully saturated rings. The van der Waals surface area contributed by atoms with E-state index in [-0.39, 0.29) is 0 Å². The second-order valence-electron chi connectivity index (χ2n) is 3.67. The molecule has 0 bridgehead atoms. The van der Waals surface area contributed by atoms with Crippen LogP contribution in [0.15, 0.2) is 30.4 Å². The summed E-state index contributed by atoms with van der Waals surface area (Å²) in [4.78, 5) is 0. The summed E-state index contributed by atoms with van der Waals surface area (Å²) in [6.07, 6.45) is 6.04. The number of benzene rings is 1. The molecule has 0 heterocycles. The van der Waals surface area contributed by atoms with Crippen LogP contribution in [0, 0.1) is 0 Å². The summed E-state index contributed by atoms with van der Waals surface area (Å²) >= 11 is 5.94. The predicted octanol–water partition coefficient (Wildman–Crippen LogP) is 4.47. The van der Waals surface area contributed by atoms with Crippen molar-refractivity contribution in [1.82, 2.24) is 0 Å². The Balaban J connectivity index is 2.65. The summed E-state index contributed by atoms with van der Waals surface area (Å²) in [7, 11) is 0. The third-order valence-corrected chi connectivity index (χ3v) is 2.47. The summed E-state index contributed by atoms with van der Waals surface area (Å²) in [6, 6.07) is 5.45. The van der Waals surface area contributed by atoms with Gasteiger partial charge < -0.3 is 9.47 Å². The molecule has 0 radical (unpaired) electrons. The highest BCUT2D eigenvalue weighted by Crippen LogP contribution is 2.30. The Morgan fingerprint density at radius 3 is 2.76 bits per heavy atom. The molecule has 0 N–H and O–H groups in total. The zero-order valence-electron chi connectivity index (χ0n) is 10.4. The highest BCUT2D eigenvalue weighted by molar-refractivity contribution is 6.30. The number of hydrogen-bond acceptors (Lipinski definition) is 2. The second-order valence-corrected chi connectivity index (χ2v) is 4.11. The van der Waals surface area contributed by atoms with Crippen molar-refractivity contribution in [3.05, 3.63) is 35.4 Å². The minimum atomic E-state index is 0.529. The molecule has 0 aliphatic rings. The molecule has 2 nitrogen and oxygen atoms in total. The van der Waals surface area contributed by atoms with Gasteiger partial charge in [0.15, 0.2) is 11.5 Å². The van der Waals surface area contributed by atoms with E-state index in [1.54, 1.807) is 6.07 Å².